The smallest absolute Gasteiger partial charge is 0.362 e. The van der Waals surface area contributed by atoms with Gasteiger partial charge >= 0.3 is 5.97 Å². The first kappa shape index (κ1) is 19.6. The van der Waals surface area contributed by atoms with Gasteiger partial charge in [-0.2, -0.15) is 0 Å². The maximum Gasteiger partial charge on any atom is 0.362 e. The van der Waals surface area contributed by atoms with Crippen molar-refractivity contribution >= 4 is 28.9 Å². The van der Waals surface area contributed by atoms with Crippen LogP contribution in [0.15, 0.2) is 83.0 Å². The van der Waals surface area contributed by atoms with Gasteiger partial charge in [-0.05, 0) is 60.7 Å². The van der Waals surface area contributed by atoms with E-state index in [0.717, 1.165) is 0 Å². The highest BCUT2D eigenvalue weighted by Gasteiger charge is 2.09. The van der Waals surface area contributed by atoms with Gasteiger partial charge in [-0.25, -0.2) is 10.3 Å². The van der Waals surface area contributed by atoms with Gasteiger partial charge in [0, 0.05) is 11.3 Å². The molecule has 8 nitrogen and oxygen atoms in total. The van der Waals surface area contributed by atoms with E-state index in [2.05, 4.69) is 15.7 Å². The number of nitrogens with zero attached hydrogens (tertiary/aromatic N) is 2. The molecule has 3 rings (SSSR count). The third-order valence-corrected chi connectivity index (χ3v) is 3.82. The summed E-state index contributed by atoms with van der Waals surface area (Å²) in [6, 6.07) is 19.6. The van der Waals surface area contributed by atoms with E-state index in [0.29, 0.717) is 33.9 Å². The van der Waals surface area contributed by atoms with Gasteiger partial charge in [0.1, 0.15) is 5.75 Å². The second kappa shape index (κ2) is 9.14. The second-order valence-electron chi connectivity index (χ2n) is 5.90. The molecule has 146 valence electrons. The summed E-state index contributed by atoms with van der Waals surface area (Å²) >= 11 is 0. The standard InChI is InChI=1S/C21H18N4O4/c1-28-19-7-3-5-15(13-19)21(27)29-25-18-10-8-17(9-11-18)23-24-20(26)14-4-2-6-16(22)12-14/h2-13,25H,22H2,1H3. The van der Waals surface area contributed by atoms with E-state index in [1.165, 1.54) is 13.2 Å². The number of rotatable bonds is 6. The highest BCUT2D eigenvalue weighted by Crippen LogP contribution is 2.19. The van der Waals surface area contributed by atoms with Gasteiger partial charge in [0.15, 0.2) is 0 Å². The Hall–Kier alpha value is -4.20. The average molecular weight is 390 g/mol. The van der Waals surface area contributed by atoms with Crippen LogP contribution in [-0.2, 0) is 4.84 Å². The Balaban J connectivity index is 1.57. The molecular weight excluding hydrogens is 372 g/mol. The number of carbonyl (C=O) groups excluding carboxylic acids is 2. The number of amides is 1. The van der Waals surface area contributed by atoms with E-state index in [4.69, 9.17) is 15.3 Å². The highest BCUT2D eigenvalue weighted by atomic mass is 16.7. The minimum Gasteiger partial charge on any atom is -0.497 e. The van der Waals surface area contributed by atoms with Crippen molar-refractivity contribution in [3.63, 3.8) is 0 Å². The van der Waals surface area contributed by atoms with E-state index < -0.39 is 11.9 Å². The minimum atomic E-state index is -0.555. The summed E-state index contributed by atoms with van der Waals surface area (Å²) in [4.78, 5) is 29.1. The van der Waals surface area contributed by atoms with Gasteiger partial charge in [0.05, 0.1) is 24.0 Å². The van der Waals surface area contributed by atoms with Crippen LogP contribution in [0.1, 0.15) is 20.7 Å². The number of hydrogen-bond donors (Lipinski definition) is 2. The SMILES string of the molecule is COc1cccc(C(=O)ONc2ccc(N=NC(=O)c3cccc(N)c3)cc2)c1. The van der Waals surface area contributed by atoms with Crippen molar-refractivity contribution in [2.75, 3.05) is 18.3 Å². The van der Waals surface area contributed by atoms with Gasteiger partial charge in [0.25, 0.3) is 5.91 Å². The molecule has 1 amide bonds. The van der Waals surface area contributed by atoms with Crippen LogP contribution in [0.2, 0.25) is 0 Å². The summed E-state index contributed by atoms with van der Waals surface area (Å²) < 4.78 is 5.08. The van der Waals surface area contributed by atoms with Crippen LogP contribution in [0.5, 0.6) is 5.75 Å². The fourth-order valence-electron chi connectivity index (χ4n) is 2.34. The Kier molecular flexibility index (Phi) is 6.16. The zero-order chi connectivity index (χ0) is 20.6. The topological polar surface area (TPSA) is 115 Å². The van der Waals surface area contributed by atoms with Gasteiger partial charge in [-0.3, -0.25) is 4.79 Å². The number of carbonyl (C=O) groups is 2. The largest absolute Gasteiger partial charge is 0.497 e. The number of nitrogen functional groups attached to an aromatic ring is 1. The van der Waals surface area contributed by atoms with Crippen LogP contribution in [0.4, 0.5) is 17.1 Å². The van der Waals surface area contributed by atoms with E-state index in [1.807, 2.05) is 0 Å². The number of hydrogen-bond acceptors (Lipinski definition) is 7. The first-order chi connectivity index (χ1) is 14.0. The molecule has 0 aliphatic rings. The monoisotopic (exact) mass is 390 g/mol. The van der Waals surface area contributed by atoms with Crippen molar-refractivity contribution in [2.45, 2.75) is 0 Å². The fourth-order valence-corrected chi connectivity index (χ4v) is 2.34. The summed E-state index contributed by atoms with van der Waals surface area (Å²) in [7, 11) is 1.52. The number of methoxy groups -OCH3 is 1. The van der Waals surface area contributed by atoms with Crippen LogP contribution in [0, 0.1) is 0 Å². The van der Waals surface area contributed by atoms with Crippen LogP contribution in [-0.4, -0.2) is 19.0 Å². The van der Waals surface area contributed by atoms with Crippen LogP contribution < -0.4 is 16.0 Å². The lowest BCUT2D eigenvalue weighted by molar-refractivity contribution is 0.0596. The molecule has 0 unspecified atom stereocenters. The third-order valence-electron chi connectivity index (χ3n) is 3.82. The van der Waals surface area contributed by atoms with Gasteiger partial charge < -0.3 is 15.3 Å². The lowest BCUT2D eigenvalue weighted by Crippen LogP contribution is -2.10. The average Bonchev–Trinajstić information content (AvgIpc) is 2.76. The molecule has 0 aromatic heterocycles. The van der Waals surface area contributed by atoms with Crippen molar-refractivity contribution in [2.24, 2.45) is 10.2 Å². The van der Waals surface area contributed by atoms with Gasteiger partial charge in [0.2, 0.25) is 0 Å². The maximum absolute atomic E-state index is 12.1. The molecule has 0 spiro atoms. The minimum absolute atomic E-state index is 0.349. The number of nitrogens with two attached hydrogens (primary N) is 1. The number of azo groups is 1. The molecule has 0 fully saturated rings. The first-order valence-corrected chi connectivity index (χ1v) is 8.58. The lowest BCUT2D eigenvalue weighted by atomic mass is 10.2. The fraction of sp³-hybridized carbons (Fsp3) is 0.0476. The summed E-state index contributed by atoms with van der Waals surface area (Å²) in [6.07, 6.45) is 0. The quantitative estimate of drug-likeness (QED) is 0.366. The first-order valence-electron chi connectivity index (χ1n) is 8.58. The number of ether oxygens (including phenoxy) is 1. The summed E-state index contributed by atoms with van der Waals surface area (Å²) in [5.74, 6) is -0.492. The molecule has 0 heterocycles. The number of benzene rings is 3. The van der Waals surface area contributed by atoms with Crippen molar-refractivity contribution in [1.82, 2.24) is 0 Å². The molecule has 3 N–H and O–H groups in total. The molecule has 0 aliphatic carbocycles. The third kappa shape index (κ3) is 5.39. The Morgan fingerprint density at radius 3 is 2.38 bits per heavy atom. The van der Waals surface area contributed by atoms with Gasteiger partial charge in [-0.1, -0.05) is 12.1 Å². The predicted molar refractivity (Wildman–Crippen MR) is 108 cm³/mol. The molecule has 0 saturated carbocycles. The molecule has 3 aromatic rings. The van der Waals surface area contributed by atoms with E-state index in [-0.39, 0.29) is 0 Å². The van der Waals surface area contributed by atoms with Crippen LogP contribution in [0.25, 0.3) is 0 Å². The molecule has 8 heteroatoms. The Bertz CT molecular complexity index is 1050. The number of anilines is 2. The van der Waals surface area contributed by atoms with Crippen molar-refractivity contribution in [1.29, 1.82) is 0 Å². The molecule has 0 aliphatic heterocycles. The lowest BCUT2D eigenvalue weighted by Gasteiger charge is -2.07. The Morgan fingerprint density at radius 1 is 0.931 bits per heavy atom. The molecular formula is C21H18N4O4. The predicted octanol–water partition coefficient (Wildman–Crippen LogP) is 4.39. The van der Waals surface area contributed by atoms with Gasteiger partial charge in [-0.15, -0.1) is 10.2 Å². The van der Waals surface area contributed by atoms with Crippen molar-refractivity contribution < 1.29 is 19.2 Å². The highest BCUT2D eigenvalue weighted by molar-refractivity contribution is 5.95. The van der Waals surface area contributed by atoms with E-state index in [1.54, 1.807) is 66.7 Å². The zero-order valence-corrected chi connectivity index (χ0v) is 15.5. The summed E-state index contributed by atoms with van der Waals surface area (Å²) in [6.45, 7) is 0. The maximum atomic E-state index is 12.1. The molecule has 0 atom stereocenters. The second-order valence-corrected chi connectivity index (χ2v) is 5.90. The molecule has 0 radical (unpaired) electrons. The zero-order valence-electron chi connectivity index (χ0n) is 15.5. The van der Waals surface area contributed by atoms with E-state index in [9.17, 15) is 9.59 Å². The molecule has 3 aromatic carbocycles. The molecule has 29 heavy (non-hydrogen) atoms. The number of nitrogens with one attached hydrogen (secondary N) is 1. The summed E-state index contributed by atoms with van der Waals surface area (Å²) in [5, 5.41) is 7.58. The van der Waals surface area contributed by atoms with Crippen molar-refractivity contribution in [3.05, 3.63) is 83.9 Å². The normalized spacial score (nSPS) is 10.5. The van der Waals surface area contributed by atoms with Crippen LogP contribution >= 0.6 is 0 Å². The molecule has 0 bridgehead atoms. The summed E-state index contributed by atoms with van der Waals surface area (Å²) in [5.41, 5.74) is 10.4. The van der Waals surface area contributed by atoms with Crippen molar-refractivity contribution in [3.8, 4) is 5.75 Å². The Morgan fingerprint density at radius 2 is 1.66 bits per heavy atom. The molecule has 0 saturated heterocycles. The Labute approximate surface area is 166 Å². The van der Waals surface area contributed by atoms with Crippen LogP contribution in [0.3, 0.4) is 0 Å². The van der Waals surface area contributed by atoms with E-state index >= 15 is 0 Å².